The SMILES string of the molecule is C[C@@H]1CN(Cc2ccc(NC(=O)Cc3ccccc3)cc2C(F)(F)F)C[C@H](C)C1O. The van der Waals surface area contributed by atoms with E-state index in [1.165, 1.54) is 12.1 Å². The second-order valence-electron chi connectivity index (χ2n) is 8.22. The van der Waals surface area contributed by atoms with Gasteiger partial charge in [0.15, 0.2) is 0 Å². The standard InChI is InChI=1S/C23H27F3N2O2/c1-15-12-28(13-16(2)22(15)30)14-18-8-9-19(11-20(18)23(24,25)26)27-21(29)10-17-6-4-3-5-7-17/h3-9,11,15-16,22,30H,10,12-14H2,1-2H3,(H,27,29)/t15-,16+,22?. The maximum absolute atomic E-state index is 13.7. The summed E-state index contributed by atoms with van der Waals surface area (Å²) in [6, 6.07) is 13.0. The highest BCUT2D eigenvalue weighted by molar-refractivity contribution is 5.92. The minimum absolute atomic E-state index is 0.000338. The molecule has 1 unspecified atom stereocenters. The van der Waals surface area contributed by atoms with E-state index >= 15 is 0 Å². The molecule has 2 aromatic carbocycles. The summed E-state index contributed by atoms with van der Waals surface area (Å²) in [6.07, 6.45) is -4.87. The van der Waals surface area contributed by atoms with Crippen molar-refractivity contribution in [1.82, 2.24) is 4.90 Å². The van der Waals surface area contributed by atoms with E-state index in [1.807, 2.05) is 24.8 Å². The fourth-order valence-electron chi connectivity index (χ4n) is 4.08. The monoisotopic (exact) mass is 420 g/mol. The van der Waals surface area contributed by atoms with Crippen LogP contribution in [0.4, 0.5) is 18.9 Å². The number of piperidine rings is 1. The van der Waals surface area contributed by atoms with Gasteiger partial charge < -0.3 is 10.4 Å². The summed E-state index contributed by atoms with van der Waals surface area (Å²) in [5, 5.41) is 12.7. The zero-order valence-electron chi connectivity index (χ0n) is 17.1. The van der Waals surface area contributed by atoms with Crippen LogP contribution in [-0.4, -0.2) is 35.1 Å². The lowest BCUT2D eigenvalue weighted by atomic mass is 9.88. The Bertz CT molecular complexity index is 858. The number of hydrogen-bond acceptors (Lipinski definition) is 3. The molecule has 0 bridgehead atoms. The largest absolute Gasteiger partial charge is 0.416 e. The molecule has 162 valence electrons. The Balaban J connectivity index is 1.75. The van der Waals surface area contributed by atoms with E-state index in [2.05, 4.69) is 5.32 Å². The van der Waals surface area contributed by atoms with Gasteiger partial charge in [-0.1, -0.05) is 50.2 Å². The minimum Gasteiger partial charge on any atom is -0.392 e. The van der Waals surface area contributed by atoms with Crippen molar-refractivity contribution < 1.29 is 23.1 Å². The Morgan fingerprint density at radius 3 is 2.33 bits per heavy atom. The first-order valence-corrected chi connectivity index (χ1v) is 10.1. The van der Waals surface area contributed by atoms with E-state index in [1.54, 1.807) is 24.3 Å². The number of likely N-dealkylation sites (tertiary alicyclic amines) is 1. The first kappa shape index (κ1) is 22.3. The second kappa shape index (κ2) is 9.18. The molecule has 30 heavy (non-hydrogen) atoms. The van der Waals surface area contributed by atoms with Crippen molar-refractivity contribution in [2.75, 3.05) is 18.4 Å². The van der Waals surface area contributed by atoms with Gasteiger partial charge in [-0.25, -0.2) is 0 Å². The van der Waals surface area contributed by atoms with Crippen LogP contribution in [0.5, 0.6) is 0 Å². The van der Waals surface area contributed by atoms with Crippen molar-refractivity contribution >= 4 is 11.6 Å². The molecule has 0 aromatic heterocycles. The summed E-state index contributed by atoms with van der Waals surface area (Å²) < 4.78 is 41.1. The molecule has 1 heterocycles. The molecule has 1 amide bonds. The molecule has 4 nitrogen and oxygen atoms in total. The number of anilines is 1. The smallest absolute Gasteiger partial charge is 0.392 e. The number of nitrogens with zero attached hydrogens (tertiary/aromatic N) is 1. The van der Waals surface area contributed by atoms with Crippen LogP contribution in [0.15, 0.2) is 48.5 Å². The highest BCUT2D eigenvalue weighted by Gasteiger charge is 2.36. The molecule has 1 fully saturated rings. The van der Waals surface area contributed by atoms with E-state index in [-0.39, 0.29) is 42.0 Å². The third-order valence-corrected chi connectivity index (χ3v) is 5.56. The quantitative estimate of drug-likeness (QED) is 0.757. The number of benzene rings is 2. The molecular weight excluding hydrogens is 393 g/mol. The van der Waals surface area contributed by atoms with Crippen LogP contribution in [0.1, 0.15) is 30.5 Å². The van der Waals surface area contributed by atoms with Crippen LogP contribution in [-0.2, 0) is 23.9 Å². The highest BCUT2D eigenvalue weighted by atomic mass is 19.4. The van der Waals surface area contributed by atoms with Gasteiger partial charge in [0.2, 0.25) is 5.91 Å². The lowest BCUT2D eigenvalue weighted by Gasteiger charge is -2.39. The number of carbonyl (C=O) groups excluding carboxylic acids is 1. The van der Waals surface area contributed by atoms with Crippen LogP contribution >= 0.6 is 0 Å². The molecule has 7 heteroatoms. The first-order chi connectivity index (χ1) is 14.1. The predicted octanol–water partition coefficient (Wildman–Crippen LogP) is 4.34. The number of hydrogen-bond donors (Lipinski definition) is 2. The highest BCUT2D eigenvalue weighted by Crippen LogP contribution is 2.35. The van der Waals surface area contributed by atoms with Crippen LogP contribution in [0.2, 0.25) is 0 Å². The number of rotatable bonds is 5. The lowest BCUT2D eigenvalue weighted by molar-refractivity contribution is -0.138. The molecule has 3 atom stereocenters. The third kappa shape index (κ3) is 5.61. The summed E-state index contributed by atoms with van der Waals surface area (Å²) in [7, 11) is 0. The fourth-order valence-corrected chi connectivity index (χ4v) is 4.08. The minimum atomic E-state index is -4.53. The van der Waals surface area contributed by atoms with Gasteiger partial charge in [0.25, 0.3) is 0 Å². The maximum atomic E-state index is 13.7. The van der Waals surface area contributed by atoms with Crippen molar-refractivity contribution in [3.63, 3.8) is 0 Å². The van der Waals surface area contributed by atoms with E-state index in [0.29, 0.717) is 13.1 Å². The summed E-state index contributed by atoms with van der Waals surface area (Å²) in [5.41, 5.74) is 0.340. The first-order valence-electron chi connectivity index (χ1n) is 10.1. The van der Waals surface area contributed by atoms with Crippen LogP contribution in [0, 0.1) is 11.8 Å². The predicted molar refractivity (Wildman–Crippen MR) is 110 cm³/mol. The molecule has 0 aliphatic carbocycles. The number of alkyl halides is 3. The normalized spacial score (nSPS) is 22.7. The Morgan fingerprint density at radius 1 is 1.10 bits per heavy atom. The van der Waals surface area contributed by atoms with Crippen molar-refractivity contribution in [1.29, 1.82) is 0 Å². The summed E-state index contributed by atoms with van der Waals surface area (Å²) in [6.45, 7) is 5.04. The van der Waals surface area contributed by atoms with Crippen molar-refractivity contribution in [3.05, 3.63) is 65.2 Å². The Morgan fingerprint density at radius 2 is 1.73 bits per heavy atom. The van der Waals surface area contributed by atoms with Gasteiger partial charge in [0, 0.05) is 25.3 Å². The van der Waals surface area contributed by atoms with Gasteiger partial charge in [-0.15, -0.1) is 0 Å². The van der Waals surface area contributed by atoms with E-state index in [4.69, 9.17) is 0 Å². The maximum Gasteiger partial charge on any atom is 0.416 e. The molecule has 2 aromatic rings. The molecule has 0 saturated carbocycles. The van der Waals surface area contributed by atoms with Crippen molar-refractivity contribution in [2.24, 2.45) is 11.8 Å². The zero-order valence-corrected chi connectivity index (χ0v) is 17.1. The fraction of sp³-hybridized carbons (Fsp3) is 0.435. The average Bonchev–Trinajstić information content (AvgIpc) is 2.67. The summed E-state index contributed by atoms with van der Waals surface area (Å²) >= 11 is 0. The van der Waals surface area contributed by atoms with Gasteiger partial charge in [0.05, 0.1) is 18.1 Å². The summed E-state index contributed by atoms with van der Waals surface area (Å²) in [4.78, 5) is 14.2. The van der Waals surface area contributed by atoms with Crippen molar-refractivity contribution in [3.8, 4) is 0 Å². The van der Waals surface area contributed by atoms with E-state index in [9.17, 15) is 23.1 Å². The Kier molecular flexibility index (Phi) is 6.83. The molecular formula is C23H27F3N2O2. The topological polar surface area (TPSA) is 52.6 Å². The molecule has 2 N–H and O–H groups in total. The average molecular weight is 420 g/mol. The van der Waals surface area contributed by atoms with Gasteiger partial charge in [-0.05, 0) is 35.1 Å². The number of aliphatic hydroxyl groups excluding tert-OH is 1. The van der Waals surface area contributed by atoms with Gasteiger partial charge in [0.1, 0.15) is 0 Å². The van der Waals surface area contributed by atoms with Crippen LogP contribution in [0.3, 0.4) is 0 Å². The van der Waals surface area contributed by atoms with Crippen LogP contribution < -0.4 is 5.32 Å². The Hall–Kier alpha value is -2.38. The third-order valence-electron chi connectivity index (χ3n) is 5.56. The number of halogens is 3. The summed E-state index contributed by atoms with van der Waals surface area (Å²) in [5.74, 6) is -0.367. The van der Waals surface area contributed by atoms with Gasteiger partial charge in [-0.3, -0.25) is 9.69 Å². The number of carbonyl (C=O) groups is 1. The number of nitrogens with one attached hydrogen (secondary N) is 1. The van der Waals surface area contributed by atoms with E-state index in [0.717, 1.165) is 11.6 Å². The van der Waals surface area contributed by atoms with Crippen LogP contribution in [0.25, 0.3) is 0 Å². The molecule has 1 aliphatic rings. The van der Waals surface area contributed by atoms with Gasteiger partial charge >= 0.3 is 6.18 Å². The second-order valence-corrected chi connectivity index (χ2v) is 8.22. The lowest BCUT2D eigenvalue weighted by Crippen LogP contribution is -2.47. The molecule has 0 spiro atoms. The molecule has 1 saturated heterocycles. The van der Waals surface area contributed by atoms with Crippen molar-refractivity contribution in [2.45, 2.75) is 39.1 Å². The molecule has 3 rings (SSSR count). The number of aliphatic hydroxyl groups is 1. The molecule has 0 radical (unpaired) electrons. The number of amides is 1. The molecule has 1 aliphatic heterocycles. The van der Waals surface area contributed by atoms with E-state index < -0.39 is 17.8 Å². The van der Waals surface area contributed by atoms with Gasteiger partial charge in [-0.2, -0.15) is 13.2 Å². The zero-order chi connectivity index (χ0) is 21.9. The Labute approximate surface area is 174 Å².